The van der Waals surface area contributed by atoms with Crippen LogP contribution in [0.15, 0.2) is 75.6 Å². The van der Waals surface area contributed by atoms with Crippen LogP contribution in [0.3, 0.4) is 0 Å². The van der Waals surface area contributed by atoms with Gasteiger partial charge in [-0.05, 0) is 60.2 Å². The van der Waals surface area contributed by atoms with Crippen LogP contribution in [0.1, 0.15) is 53.5 Å². The fourth-order valence-electron chi connectivity index (χ4n) is 4.38. The topological polar surface area (TPSA) is 102 Å². The Morgan fingerprint density at radius 1 is 1.10 bits per heavy atom. The molecule has 1 aliphatic rings. The average Bonchev–Trinajstić information content (AvgIpc) is 3.74. The van der Waals surface area contributed by atoms with Crippen LogP contribution in [0, 0.1) is 5.82 Å². The number of anilines is 1. The van der Waals surface area contributed by atoms with E-state index in [1.807, 2.05) is 6.92 Å². The molecule has 1 unspecified atom stereocenters. The summed E-state index contributed by atoms with van der Waals surface area (Å²) in [6.07, 6.45) is 1.86. The summed E-state index contributed by atoms with van der Waals surface area (Å²) in [6.45, 7) is 4.84. The lowest BCUT2D eigenvalue weighted by Crippen LogP contribution is -2.31. The Morgan fingerprint density at radius 2 is 1.90 bits per heavy atom. The van der Waals surface area contributed by atoms with Crippen LogP contribution in [-0.2, 0) is 10.5 Å². The monoisotopic (exact) mass is 625 g/mol. The molecular weight excluding hydrogens is 598 g/mol. The molecule has 0 bridgehead atoms. The van der Waals surface area contributed by atoms with Crippen molar-refractivity contribution in [3.8, 4) is 11.5 Å². The molecule has 1 atom stereocenters. The molecule has 12 heteroatoms. The highest BCUT2D eigenvalue weighted by atomic mass is 32.2. The summed E-state index contributed by atoms with van der Waals surface area (Å²) in [4.78, 5) is 28.9. The van der Waals surface area contributed by atoms with Crippen molar-refractivity contribution in [2.24, 2.45) is 0 Å². The minimum absolute atomic E-state index is 0.0414. The van der Waals surface area contributed by atoms with Crippen LogP contribution < -0.4 is 14.4 Å². The number of benzene rings is 2. The lowest BCUT2D eigenvalue weighted by Gasteiger charge is -2.25. The minimum atomic E-state index is -0.973. The van der Waals surface area contributed by atoms with Gasteiger partial charge in [0.25, 0.3) is 5.91 Å². The van der Waals surface area contributed by atoms with Gasteiger partial charge in [0.2, 0.25) is 10.9 Å². The van der Waals surface area contributed by atoms with Gasteiger partial charge in [-0.25, -0.2) is 4.39 Å². The van der Waals surface area contributed by atoms with E-state index >= 15 is 0 Å². The Kier molecular flexibility index (Phi) is 9.55. The molecule has 1 aliphatic heterocycles. The van der Waals surface area contributed by atoms with Gasteiger partial charge in [0.05, 0.1) is 29.7 Å². The highest BCUT2D eigenvalue weighted by Crippen LogP contribution is 2.45. The summed E-state index contributed by atoms with van der Waals surface area (Å²) in [5.41, 5.74) is 1.41. The smallest absolute Gasteiger partial charge is 0.296 e. The van der Waals surface area contributed by atoms with Crippen LogP contribution in [0.25, 0.3) is 0 Å². The fourth-order valence-corrected chi connectivity index (χ4v) is 6.88. The average molecular weight is 626 g/mol. The zero-order valence-corrected chi connectivity index (χ0v) is 25.4. The normalized spacial score (nSPS) is 15.0. The summed E-state index contributed by atoms with van der Waals surface area (Å²) < 4.78 is 25.7. The van der Waals surface area contributed by atoms with Gasteiger partial charge in [0, 0.05) is 5.75 Å². The molecule has 1 amide bonds. The van der Waals surface area contributed by atoms with Crippen molar-refractivity contribution in [2.75, 3.05) is 18.1 Å². The number of hydrogen-bond donors (Lipinski definition) is 1. The largest absolute Gasteiger partial charge is 0.503 e. The van der Waals surface area contributed by atoms with E-state index in [2.05, 4.69) is 17.1 Å². The maximum absolute atomic E-state index is 13.7. The fraction of sp³-hybridized carbons (Fsp3) is 0.267. The first kappa shape index (κ1) is 29.7. The molecule has 0 fully saturated rings. The third-order valence-corrected chi connectivity index (χ3v) is 9.41. The standard InChI is InChI=1S/C30H28FN3O5S3/c1-3-5-14-39-21-13-10-19(16-22(21)38-4-2)25-24(26(35)23-7-6-15-40-23)27(36)28(37)34(25)29-32-33-30(42-29)41-17-18-8-11-20(31)12-9-18/h6-13,15-16,25,36H,3-5,14,17H2,1-2H3. The minimum Gasteiger partial charge on any atom is -0.503 e. The van der Waals surface area contributed by atoms with Gasteiger partial charge in [-0.2, -0.15) is 0 Å². The number of Topliss-reactive ketones (excluding diaryl/α,β-unsaturated/α-hetero) is 1. The van der Waals surface area contributed by atoms with Crippen LogP contribution in [0.4, 0.5) is 9.52 Å². The lowest BCUT2D eigenvalue weighted by molar-refractivity contribution is -0.117. The molecule has 8 nitrogen and oxygen atoms in total. The van der Waals surface area contributed by atoms with Gasteiger partial charge < -0.3 is 14.6 Å². The molecule has 0 saturated carbocycles. The van der Waals surface area contributed by atoms with Crippen molar-refractivity contribution in [1.82, 2.24) is 10.2 Å². The molecule has 1 N–H and O–H groups in total. The number of ether oxygens (including phenoxy) is 2. The van der Waals surface area contributed by atoms with E-state index in [1.54, 1.807) is 47.8 Å². The number of carbonyl (C=O) groups excluding carboxylic acids is 2. The SMILES string of the molecule is CCCCOc1ccc(C2C(C(=O)c3cccs3)=C(O)C(=O)N2c2nnc(SCc3ccc(F)cc3)s2)cc1OCC. The first-order valence-corrected chi connectivity index (χ1v) is 16.0. The van der Waals surface area contributed by atoms with Crippen LogP contribution in [0.5, 0.6) is 11.5 Å². The van der Waals surface area contributed by atoms with Gasteiger partial charge in [-0.15, -0.1) is 21.5 Å². The highest BCUT2D eigenvalue weighted by Gasteiger charge is 2.46. The molecule has 0 spiro atoms. The van der Waals surface area contributed by atoms with Gasteiger partial charge >= 0.3 is 0 Å². The number of halogens is 1. The highest BCUT2D eigenvalue weighted by molar-refractivity contribution is 8.00. The summed E-state index contributed by atoms with van der Waals surface area (Å²) >= 11 is 3.79. The first-order chi connectivity index (χ1) is 20.4. The predicted octanol–water partition coefficient (Wildman–Crippen LogP) is 7.39. The van der Waals surface area contributed by atoms with Crippen LogP contribution in [0.2, 0.25) is 0 Å². The van der Waals surface area contributed by atoms with Crippen LogP contribution >= 0.6 is 34.4 Å². The van der Waals surface area contributed by atoms with Crippen molar-refractivity contribution in [3.05, 3.63) is 93.1 Å². The van der Waals surface area contributed by atoms with Gasteiger partial charge in [0.15, 0.2) is 21.6 Å². The maximum atomic E-state index is 13.7. The second-order valence-electron chi connectivity index (χ2n) is 9.25. The number of aromatic nitrogens is 2. The predicted molar refractivity (Wildman–Crippen MR) is 162 cm³/mol. The van der Waals surface area contributed by atoms with E-state index in [4.69, 9.17) is 9.47 Å². The van der Waals surface area contributed by atoms with E-state index in [9.17, 15) is 19.1 Å². The number of nitrogens with zero attached hydrogens (tertiary/aromatic N) is 3. The van der Waals surface area contributed by atoms with Crippen molar-refractivity contribution < 1.29 is 28.6 Å². The van der Waals surface area contributed by atoms with Crippen molar-refractivity contribution >= 4 is 51.3 Å². The van der Waals surface area contributed by atoms with Gasteiger partial charge in [0.1, 0.15) is 5.82 Å². The van der Waals surface area contributed by atoms with Crippen LogP contribution in [-0.4, -0.2) is 40.2 Å². The number of amides is 1. The molecule has 0 aliphatic carbocycles. The van der Waals surface area contributed by atoms with E-state index in [0.29, 0.717) is 45.2 Å². The van der Waals surface area contributed by atoms with Gasteiger partial charge in [-0.1, -0.05) is 60.7 Å². The summed E-state index contributed by atoms with van der Waals surface area (Å²) in [5, 5.41) is 21.6. The number of aliphatic hydroxyl groups is 1. The number of rotatable bonds is 13. The number of ketones is 1. The first-order valence-electron chi connectivity index (χ1n) is 13.4. The van der Waals surface area contributed by atoms with Crippen molar-refractivity contribution in [1.29, 1.82) is 0 Å². The maximum Gasteiger partial charge on any atom is 0.296 e. The quantitative estimate of drug-likeness (QED) is 0.0710. The van der Waals surface area contributed by atoms with E-state index < -0.39 is 23.5 Å². The molecule has 4 aromatic rings. The molecule has 5 rings (SSSR count). The number of carbonyl (C=O) groups is 2. The summed E-state index contributed by atoms with van der Waals surface area (Å²) in [5.74, 6) is -0.577. The third kappa shape index (κ3) is 6.35. The van der Waals surface area contributed by atoms with Crippen molar-refractivity contribution in [3.63, 3.8) is 0 Å². The molecule has 2 aromatic heterocycles. The Balaban J connectivity index is 1.51. The molecule has 42 heavy (non-hydrogen) atoms. The van der Waals surface area contributed by atoms with Crippen molar-refractivity contribution in [2.45, 2.75) is 42.8 Å². The molecule has 3 heterocycles. The summed E-state index contributed by atoms with van der Waals surface area (Å²) in [7, 11) is 0. The Morgan fingerprint density at radius 3 is 2.62 bits per heavy atom. The molecule has 218 valence electrons. The Labute approximate surface area is 254 Å². The second-order valence-corrected chi connectivity index (χ2v) is 12.4. The van der Waals surface area contributed by atoms with E-state index in [1.165, 1.54) is 51.5 Å². The zero-order valence-electron chi connectivity index (χ0n) is 22.9. The molecule has 2 aromatic carbocycles. The molecule has 0 radical (unpaired) electrons. The number of thioether (sulfide) groups is 1. The van der Waals surface area contributed by atoms with Gasteiger partial charge in [-0.3, -0.25) is 14.5 Å². The zero-order chi connectivity index (χ0) is 29.6. The molecule has 0 saturated heterocycles. The number of unbranched alkanes of at least 4 members (excludes halogenated alkanes) is 1. The third-order valence-electron chi connectivity index (χ3n) is 6.41. The van der Waals surface area contributed by atoms with E-state index in [-0.39, 0.29) is 16.5 Å². The number of thiophene rings is 1. The molecular formula is C30H28FN3O5S3. The lowest BCUT2D eigenvalue weighted by atomic mass is 9.95. The number of hydrogen-bond acceptors (Lipinski definition) is 10. The second kappa shape index (κ2) is 13.5. The van der Waals surface area contributed by atoms with E-state index in [0.717, 1.165) is 18.4 Å². The number of aliphatic hydroxyl groups excluding tert-OH is 1. The Hall–Kier alpha value is -3.74. The Bertz CT molecular complexity index is 1590. The summed E-state index contributed by atoms with van der Waals surface area (Å²) in [6, 6.07) is 13.9.